The third-order valence-electron chi connectivity index (χ3n) is 5.64. The summed E-state index contributed by atoms with van der Waals surface area (Å²) in [5.41, 5.74) is 0. The van der Waals surface area contributed by atoms with E-state index in [-0.39, 0.29) is 5.91 Å². The summed E-state index contributed by atoms with van der Waals surface area (Å²) in [7, 11) is 0. The van der Waals surface area contributed by atoms with Crippen molar-refractivity contribution < 1.29 is 33.2 Å². The predicted molar refractivity (Wildman–Crippen MR) is 118 cm³/mol. The first-order chi connectivity index (χ1) is 15.7. The first kappa shape index (κ1) is 25.8. The lowest BCUT2D eigenvalue weighted by atomic mass is 10.2. The lowest BCUT2D eigenvalue weighted by molar-refractivity contribution is -0.147. The van der Waals surface area contributed by atoms with Crippen molar-refractivity contribution in [2.75, 3.05) is 79.1 Å². The van der Waals surface area contributed by atoms with Crippen molar-refractivity contribution in [3.8, 4) is 0 Å². The van der Waals surface area contributed by atoms with Crippen LogP contribution in [0.1, 0.15) is 45.4 Å². The molecule has 3 unspecified atom stereocenters. The van der Waals surface area contributed by atoms with E-state index in [4.69, 9.17) is 28.4 Å². The molecule has 0 bridgehead atoms. The van der Waals surface area contributed by atoms with E-state index in [1.54, 1.807) is 6.92 Å². The fraction of sp³-hybridized carbons (Fsp3) is 0.957. The van der Waals surface area contributed by atoms with Gasteiger partial charge < -0.3 is 28.4 Å². The summed E-state index contributed by atoms with van der Waals surface area (Å²) >= 11 is 0. The molecule has 9 nitrogen and oxygen atoms in total. The summed E-state index contributed by atoms with van der Waals surface area (Å²) in [5.74, 6) is 0.0987. The van der Waals surface area contributed by atoms with E-state index in [1.807, 2.05) is 5.01 Å². The molecule has 0 N–H and O–H groups in total. The topological polar surface area (TPSA) is 88.8 Å². The van der Waals surface area contributed by atoms with Gasteiger partial charge in [-0.25, -0.2) is 5.01 Å². The van der Waals surface area contributed by atoms with E-state index in [0.29, 0.717) is 38.1 Å². The lowest BCUT2D eigenvalue weighted by Gasteiger charge is -2.34. The average molecular weight is 459 g/mol. The third kappa shape index (κ3) is 12.4. The highest BCUT2D eigenvalue weighted by atomic mass is 16.6. The Labute approximate surface area is 192 Å². The molecule has 0 aliphatic carbocycles. The summed E-state index contributed by atoms with van der Waals surface area (Å²) < 4.78 is 32.4. The van der Waals surface area contributed by atoms with E-state index in [2.05, 4.69) is 5.01 Å². The molecule has 0 radical (unpaired) electrons. The molecule has 3 rings (SSSR count). The maximum Gasteiger partial charge on any atom is 0.233 e. The fourth-order valence-corrected chi connectivity index (χ4v) is 3.45. The largest absolute Gasteiger partial charge is 0.379 e. The zero-order valence-electron chi connectivity index (χ0n) is 19.7. The highest BCUT2D eigenvalue weighted by molar-refractivity contribution is 5.72. The quantitative estimate of drug-likeness (QED) is 0.137. The number of carbonyl (C=O) groups is 1. The lowest BCUT2D eigenvalue weighted by Crippen LogP contribution is -2.47. The molecule has 186 valence electrons. The Morgan fingerprint density at radius 1 is 0.688 bits per heavy atom. The van der Waals surface area contributed by atoms with Gasteiger partial charge in [0, 0.05) is 46.4 Å². The zero-order valence-corrected chi connectivity index (χ0v) is 19.7. The number of hydrazine groups is 1. The highest BCUT2D eigenvalue weighted by Gasteiger charge is 2.24. The zero-order chi connectivity index (χ0) is 22.4. The predicted octanol–water partition coefficient (Wildman–Crippen LogP) is 1.64. The molecule has 3 heterocycles. The Kier molecular flexibility index (Phi) is 12.2. The Bertz CT molecular complexity index is 489. The van der Waals surface area contributed by atoms with Gasteiger partial charge in [0.15, 0.2) is 0 Å². The van der Waals surface area contributed by atoms with Crippen LogP contribution in [0.3, 0.4) is 0 Å². The van der Waals surface area contributed by atoms with Crippen LogP contribution < -0.4 is 0 Å². The van der Waals surface area contributed by atoms with Gasteiger partial charge in [-0.2, -0.15) is 0 Å². The van der Waals surface area contributed by atoms with E-state index < -0.39 is 0 Å². The van der Waals surface area contributed by atoms with E-state index >= 15 is 0 Å². The second kappa shape index (κ2) is 15.2. The van der Waals surface area contributed by atoms with Crippen LogP contribution in [0.4, 0.5) is 0 Å². The molecule has 32 heavy (non-hydrogen) atoms. The van der Waals surface area contributed by atoms with Crippen LogP contribution in [-0.4, -0.2) is 113 Å². The van der Waals surface area contributed by atoms with E-state index in [9.17, 15) is 4.79 Å². The number of hydrogen-bond donors (Lipinski definition) is 0. The van der Waals surface area contributed by atoms with Crippen molar-refractivity contribution in [2.24, 2.45) is 0 Å². The summed E-state index contributed by atoms with van der Waals surface area (Å²) in [6, 6.07) is 0. The van der Waals surface area contributed by atoms with E-state index in [1.165, 1.54) is 0 Å². The molecule has 3 aliphatic rings. The van der Waals surface area contributed by atoms with Crippen molar-refractivity contribution >= 4 is 5.91 Å². The maximum absolute atomic E-state index is 12.4. The molecule has 0 aromatic heterocycles. The van der Waals surface area contributed by atoms with Gasteiger partial charge in [0.25, 0.3) is 0 Å². The molecule has 0 saturated carbocycles. The van der Waals surface area contributed by atoms with Crippen molar-refractivity contribution in [3.63, 3.8) is 0 Å². The maximum atomic E-state index is 12.4. The number of hydrogen-bond acceptors (Lipinski definition) is 8. The third-order valence-corrected chi connectivity index (χ3v) is 5.64. The molecule has 3 aliphatic heterocycles. The highest BCUT2D eigenvalue weighted by Crippen LogP contribution is 2.12. The Morgan fingerprint density at radius 3 is 1.41 bits per heavy atom. The van der Waals surface area contributed by atoms with Crippen LogP contribution in [0.25, 0.3) is 0 Å². The van der Waals surface area contributed by atoms with Crippen LogP contribution in [0.15, 0.2) is 0 Å². The molecule has 3 fully saturated rings. The van der Waals surface area contributed by atoms with Crippen molar-refractivity contribution in [2.45, 2.75) is 63.8 Å². The van der Waals surface area contributed by atoms with Crippen LogP contribution in [-0.2, 0) is 33.2 Å². The summed E-state index contributed by atoms with van der Waals surface area (Å²) in [5, 5.41) is 4.14. The molecule has 0 aromatic carbocycles. The molecular weight excluding hydrogens is 416 g/mol. The SMILES string of the molecule is CC(=O)N(CCCCOCC1CO1)N(CCCCOCC1CO1)CCCCOCC1CO1. The van der Waals surface area contributed by atoms with Gasteiger partial charge in [0.1, 0.15) is 18.3 Å². The molecular formula is C23H42N2O7. The van der Waals surface area contributed by atoms with Crippen molar-refractivity contribution in [1.82, 2.24) is 10.0 Å². The standard InChI is InChI=1S/C23H42N2O7/c1-20(26)25(10-4-7-13-29-16-23-19-32-23)24(8-2-5-11-27-14-21-17-30-21)9-3-6-12-28-15-22-18-31-22/h21-23H,2-19H2,1H3. The Morgan fingerprint density at radius 2 is 1.06 bits per heavy atom. The van der Waals surface area contributed by atoms with Crippen LogP contribution in [0.2, 0.25) is 0 Å². The number of unbranched alkanes of at least 4 members (excludes halogenated alkanes) is 3. The van der Waals surface area contributed by atoms with Gasteiger partial charge in [-0.05, 0) is 38.5 Å². The molecule has 0 aromatic rings. The first-order valence-corrected chi connectivity index (χ1v) is 12.3. The Hall–Kier alpha value is -0.810. The van der Waals surface area contributed by atoms with Crippen molar-refractivity contribution in [3.05, 3.63) is 0 Å². The molecule has 9 heteroatoms. The minimum Gasteiger partial charge on any atom is -0.379 e. The van der Waals surface area contributed by atoms with Crippen LogP contribution in [0, 0.1) is 0 Å². The molecule has 0 spiro atoms. The number of carbonyl (C=O) groups excluding carboxylic acids is 1. The van der Waals surface area contributed by atoms with E-state index in [0.717, 1.165) is 97.8 Å². The number of nitrogens with zero attached hydrogens (tertiary/aromatic N) is 2. The minimum absolute atomic E-state index is 0.0987. The van der Waals surface area contributed by atoms with Crippen LogP contribution in [0.5, 0.6) is 0 Å². The summed E-state index contributed by atoms with van der Waals surface area (Å²) in [6.07, 6.45) is 6.76. The average Bonchev–Trinajstić information content (AvgIpc) is 3.62. The smallest absolute Gasteiger partial charge is 0.233 e. The molecule has 1 amide bonds. The van der Waals surface area contributed by atoms with Crippen molar-refractivity contribution in [1.29, 1.82) is 0 Å². The number of epoxide rings is 3. The second-order valence-corrected chi connectivity index (χ2v) is 8.81. The van der Waals surface area contributed by atoms with Gasteiger partial charge in [-0.1, -0.05) is 0 Å². The molecule has 3 atom stereocenters. The Balaban J connectivity index is 1.31. The second-order valence-electron chi connectivity index (χ2n) is 8.81. The normalized spacial score (nSPS) is 23.5. The van der Waals surface area contributed by atoms with Gasteiger partial charge in [0.05, 0.1) is 39.6 Å². The summed E-state index contributed by atoms with van der Waals surface area (Å²) in [6.45, 7) is 10.9. The monoisotopic (exact) mass is 458 g/mol. The fourth-order valence-electron chi connectivity index (χ4n) is 3.45. The molecule has 3 saturated heterocycles. The number of ether oxygens (including phenoxy) is 6. The van der Waals surface area contributed by atoms with Gasteiger partial charge in [0.2, 0.25) is 5.91 Å². The minimum atomic E-state index is 0.0987. The van der Waals surface area contributed by atoms with Gasteiger partial charge >= 0.3 is 0 Å². The van der Waals surface area contributed by atoms with Crippen LogP contribution >= 0.6 is 0 Å². The number of amides is 1. The first-order valence-electron chi connectivity index (χ1n) is 12.3. The number of rotatable bonds is 22. The van der Waals surface area contributed by atoms with Gasteiger partial charge in [-0.3, -0.25) is 9.80 Å². The van der Waals surface area contributed by atoms with Gasteiger partial charge in [-0.15, -0.1) is 0 Å². The summed E-state index contributed by atoms with van der Waals surface area (Å²) in [4.78, 5) is 12.4.